The van der Waals surface area contributed by atoms with Gasteiger partial charge in [-0.2, -0.15) is 0 Å². The molecule has 25 heavy (non-hydrogen) atoms. The summed E-state index contributed by atoms with van der Waals surface area (Å²) in [5, 5.41) is 11.3. The first-order chi connectivity index (χ1) is 11.8. The molecule has 0 aromatic heterocycles. The van der Waals surface area contributed by atoms with Gasteiger partial charge in [0.2, 0.25) is 0 Å². The van der Waals surface area contributed by atoms with Crippen LogP contribution in [0.2, 0.25) is 0 Å². The summed E-state index contributed by atoms with van der Waals surface area (Å²) in [4.78, 5) is 10.1. The first kappa shape index (κ1) is 18.0. The number of fused-ring (bicyclic) bond motifs is 5. The summed E-state index contributed by atoms with van der Waals surface area (Å²) in [7, 11) is 0. The van der Waals surface area contributed by atoms with Crippen LogP contribution in [0.4, 0.5) is 0 Å². The molecule has 4 fully saturated rings. The van der Waals surface area contributed by atoms with E-state index < -0.39 is 0 Å². The zero-order chi connectivity index (χ0) is 18.0. The maximum Gasteiger partial charge on any atom is 0.293 e. The highest BCUT2D eigenvalue weighted by Gasteiger charge is 2.67. The van der Waals surface area contributed by atoms with Crippen LogP contribution in [-0.2, 0) is 0 Å². The van der Waals surface area contributed by atoms with Crippen molar-refractivity contribution in [2.45, 2.75) is 98.0 Å². The van der Waals surface area contributed by atoms with Crippen LogP contribution in [0.25, 0.3) is 0 Å². The second kappa shape index (κ2) is 5.81. The van der Waals surface area contributed by atoms with Gasteiger partial charge in [-0.15, -0.1) is 0 Å². The lowest BCUT2D eigenvalue weighted by Gasteiger charge is -2.67. The van der Waals surface area contributed by atoms with Gasteiger partial charge >= 0.3 is 0 Å². The van der Waals surface area contributed by atoms with Gasteiger partial charge in [-0.1, -0.05) is 40.5 Å². The Morgan fingerprint density at radius 3 is 2.56 bits per heavy atom. The molecule has 0 heterocycles. The molecule has 0 aromatic carbocycles. The summed E-state index contributed by atoms with van der Waals surface area (Å²) in [6, 6.07) is 0. The van der Waals surface area contributed by atoms with Crippen molar-refractivity contribution in [2.75, 3.05) is 0 Å². The molecule has 0 bridgehead atoms. The van der Waals surface area contributed by atoms with Crippen molar-refractivity contribution in [3.63, 3.8) is 0 Å². The lowest BCUT2D eigenvalue weighted by Crippen LogP contribution is -2.63. The monoisotopic (exact) mass is 347 g/mol. The van der Waals surface area contributed by atoms with E-state index in [4.69, 9.17) is 0 Å². The Bertz CT molecular complexity index is 556. The third-order valence-electron chi connectivity index (χ3n) is 10.2. The minimum Gasteiger partial charge on any atom is -0.393 e. The SMILES string of the molecule is CCC[C@H]1CCC2[C@@H]3C(O)C[C@@H]4CC(=[OH+])CC[C@]4(C)[C@@]3(C)CC[C@@]21C. The highest BCUT2D eigenvalue weighted by Crippen LogP contribution is 2.72. The van der Waals surface area contributed by atoms with Gasteiger partial charge in [0.05, 0.1) is 18.9 Å². The predicted octanol–water partition coefficient (Wildman–Crippen LogP) is 5.35. The predicted molar refractivity (Wildman–Crippen MR) is 103 cm³/mol. The molecule has 2 unspecified atom stereocenters. The average Bonchev–Trinajstić information content (AvgIpc) is 2.87. The van der Waals surface area contributed by atoms with Crippen LogP contribution < -0.4 is 0 Å². The van der Waals surface area contributed by atoms with Crippen molar-refractivity contribution in [1.82, 2.24) is 0 Å². The highest BCUT2D eigenvalue weighted by atomic mass is 16.3. The molecule has 0 amide bonds. The lowest BCUT2D eigenvalue weighted by molar-refractivity contribution is -0.209. The molecule has 0 spiro atoms. The molecule has 4 saturated carbocycles. The van der Waals surface area contributed by atoms with Gasteiger partial charge in [0.1, 0.15) is 0 Å². The van der Waals surface area contributed by atoms with Crippen molar-refractivity contribution in [2.24, 2.45) is 39.9 Å². The Morgan fingerprint density at radius 1 is 1.08 bits per heavy atom. The summed E-state index contributed by atoms with van der Waals surface area (Å²) in [6.45, 7) is 9.91. The summed E-state index contributed by atoms with van der Waals surface area (Å²) in [5.41, 5.74) is 0.974. The highest BCUT2D eigenvalue weighted by molar-refractivity contribution is 5.80. The average molecular weight is 348 g/mol. The summed E-state index contributed by atoms with van der Waals surface area (Å²) >= 11 is 0. The molecule has 4 rings (SSSR count). The lowest BCUT2D eigenvalue weighted by atomic mass is 9.38. The molecule has 8 atom stereocenters. The topological polar surface area (TPSA) is 41.6 Å². The Balaban J connectivity index is 1.70. The molecule has 4 aliphatic carbocycles. The number of aliphatic hydroxyl groups excluding tert-OH is 1. The van der Waals surface area contributed by atoms with E-state index in [9.17, 15) is 9.90 Å². The molecule has 0 saturated heterocycles. The van der Waals surface area contributed by atoms with Crippen LogP contribution in [0.15, 0.2) is 0 Å². The molecule has 0 aromatic rings. The van der Waals surface area contributed by atoms with E-state index in [0.29, 0.717) is 29.0 Å². The van der Waals surface area contributed by atoms with Gasteiger partial charge in [0.15, 0.2) is 0 Å². The largest absolute Gasteiger partial charge is 0.393 e. The van der Waals surface area contributed by atoms with E-state index in [1.54, 1.807) is 0 Å². The first-order valence-electron chi connectivity index (χ1n) is 11.0. The van der Waals surface area contributed by atoms with Gasteiger partial charge in [0, 0.05) is 0 Å². The maximum absolute atomic E-state index is 11.3. The normalized spacial score (nSPS) is 55.4. The van der Waals surface area contributed by atoms with Gasteiger partial charge in [-0.05, 0) is 78.4 Å². The van der Waals surface area contributed by atoms with Crippen molar-refractivity contribution >= 4 is 5.78 Å². The van der Waals surface area contributed by atoms with Crippen LogP contribution in [0.1, 0.15) is 91.9 Å². The van der Waals surface area contributed by atoms with E-state index in [2.05, 4.69) is 27.7 Å². The number of aliphatic hydroxyl groups is 1. The molecule has 2 N–H and O–H groups in total. The molecule has 4 aliphatic rings. The Kier molecular flexibility index (Phi) is 4.19. The second-order valence-electron chi connectivity index (χ2n) is 10.8. The van der Waals surface area contributed by atoms with Gasteiger partial charge in [0.25, 0.3) is 5.78 Å². The summed E-state index contributed by atoms with van der Waals surface area (Å²) < 4.78 is 0. The van der Waals surface area contributed by atoms with E-state index in [1.165, 1.54) is 38.5 Å². The Labute approximate surface area is 154 Å². The fourth-order valence-electron chi connectivity index (χ4n) is 8.40. The smallest absolute Gasteiger partial charge is 0.293 e. The van der Waals surface area contributed by atoms with Crippen molar-refractivity contribution in [3.8, 4) is 0 Å². The van der Waals surface area contributed by atoms with Crippen molar-refractivity contribution < 1.29 is 9.90 Å². The van der Waals surface area contributed by atoms with E-state index >= 15 is 0 Å². The number of ketones is 1. The zero-order valence-electron chi connectivity index (χ0n) is 16.9. The van der Waals surface area contributed by atoms with Crippen molar-refractivity contribution in [1.29, 1.82) is 0 Å². The molecule has 2 heteroatoms. The number of hydrogen-bond acceptors (Lipinski definition) is 1. The van der Waals surface area contributed by atoms with E-state index in [-0.39, 0.29) is 16.9 Å². The van der Waals surface area contributed by atoms with Crippen LogP contribution in [0.5, 0.6) is 0 Å². The number of carbonyl (C=O) groups excluding carboxylic acids is 1. The summed E-state index contributed by atoms with van der Waals surface area (Å²) in [6.07, 6.45) is 11.6. The van der Waals surface area contributed by atoms with Gasteiger partial charge < -0.3 is 5.11 Å². The minimum atomic E-state index is -0.168. The molecule has 0 aliphatic heterocycles. The minimum absolute atomic E-state index is 0.168. The van der Waals surface area contributed by atoms with Gasteiger partial charge in [-0.25, -0.2) is 0 Å². The first-order valence-corrected chi connectivity index (χ1v) is 11.0. The molecule has 0 radical (unpaired) electrons. The van der Waals surface area contributed by atoms with E-state index in [0.717, 1.165) is 31.6 Å². The molecular formula is C23H39O2+. The zero-order valence-corrected chi connectivity index (χ0v) is 16.9. The Hall–Kier alpha value is -0.370. The standard InChI is InChI=1S/C23H38O2/c1-5-6-15-7-8-18-20-19(25)14-16-13-17(24)9-10-22(16,3)23(20,4)12-11-21(15,18)2/h15-16,18-20,25H,5-14H2,1-4H3/p+1/t15-,16-,18?,19?,20+,21+,22-,23-/m0/s1. The number of rotatable bonds is 2. The fourth-order valence-corrected chi connectivity index (χ4v) is 8.40. The number of hydrogen-bond donors (Lipinski definition) is 1. The maximum atomic E-state index is 11.3. The van der Waals surface area contributed by atoms with Crippen LogP contribution in [-0.4, -0.2) is 21.8 Å². The molecule has 142 valence electrons. The third kappa shape index (κ3) is 2.28. The molecule has 2 nitrogen and oxygen atoms in total. The van der Waals surface area contributed by atoms with Crippen molar-refractivity contribution in [3.05, 3.63) is 0 Å². The van der Waals surface area contributed by atoms with Crippen LogP contribution in [0.3, 0.4) is 0 Å². The fraction of sp³-hybridized carbons (Fsp3) is 0.957. The van der Waals surface area contributed by atoms with E-state index in [1.807, 2.05) is 0 Å². The molecular weight excluding hydrogens is 308 g/mol. The van der Waals surface area contributed by atoms with Crippen LogP contribution in [0, 0.1) is 39.9 Å². The Morgan fingerprint density at radius 2 is 1.84 bits per heavy atom. The summed E-state index contributed by atoms with van der Waals surface area (Å²) in [5.74, 6) is 3.19. The van der Waals surface area contributed by atoms with Gasteiger partial charge in [-0.3, -0.25) is 4.79 Å². The third-order valence-corrected chi connectivity index (χ3v) is 10.2. The van der Waals surface area contributed by atoms with Crippen LogP contribution >= 0.6 is 0 Å². The second-order valence-corrected chi connectivity index (χ2v) is 10.8. The quantitative estimate of drug-likeness (QED) is 0.672.